The summed E-state index contributed by atoms with van der Waals surface area (Å²) in [5, 5.41) is 5.87. The Balaban J connectivity index is 2.27. The van der Waals surface area contributed by atoms with Crippen LogP contribution in [-0.2, 0) is 14.4 Å². The van der Waals surface area contributed by atoms with E-state index in [1.807, 2.05) is 0 Å². The molecule has 60 heavy (non-hydrogen) atoms. The lowest BCUT2D eigenvalue weighted by Gasteiger charge is -2.18. The molecule has 1 aromatic heterocycles. The first-order valence-electron chi connectivity index (χ1n) is 22.7. The third-order valence-electron chi connectivity index (χ3n) is 9.17. The maximum Gasteiger partial charge on any atom is 0.246 e. The molecular formula is C54H77N3O3. The van der Waals surface area contributed by atoms with Crippen LogP contribution < -0.4 is 10.6 Å². The highest BCUT2D eigenvalue weighted by Crippen LogP contribution is 2.12. The first kappa shape index (κ1) is 52.9. The minimum absolute atomic E-state index is 0.123. The number of allylic oxidation sites excluding steroid dienone is 22. The molecule has 326 valence electrons. The number of hydrogen-bond acceptors (Lipinski definition) is 4. The minimum Gasteiger partial charge on any atom is -0.344 e. The van der Waals surface area contributed by atoms with Crippen molar-refractivity contribution in [3.8, 4) is 0 Å². The molecule has 2 N–H and O–H groups in total. The van der Waals surface area contributed by atoms with Gasteiger partial charge < -0.3 is 10.6 Å². The van der Waals surface area contributed by atoms with Gasteiger partial charge in [-0.2, -0.15) is 0 Å². The number of carbonyl (C=O) groups excluding carboxylic acids is 3. The summed E-state index contributed by atoms with van der Waals surface area (Å²) in [6.45, 7) is 4.30. The molecule has 0 unspecified atom stereocenters. The number of anilines is 1. The molecule has 6 heteroatoms. The van der Waals surface area contributed by atoms with Gasteiger partial charge in [-0.15, -0.1) is 0 Å². The molecule has 0 fully saturated rings. The summed E-state index contributed by atoms with van der Waals surface area (Å²) in [7, 11) is 0. The Kier molecular flexibility index (Phi) is 37.1. The number of rotatable bonds is 36. The third-order valence-corrected chi connectivity index (χ3v) is 9.17. The molecule has 0 saturated heterocycles. The predicted molar refractivity (Wildman–Crippen MR) is 259 cm³/mol. The molecule has 0 saturated carbocycles. The average molecular weight is 816 g/mol. The Morgan fingerprint density at radius 3 is 1.35 bits per heavy atom. The molecule has 1 rings (SSSR count). The fraction of sp³-hybridized carbons (Fsp3) is 0.444. The van der Waals surface area contributed by atoms with Gasteiger partial charge in [0.15, 0.2) is 0 Å². The van der Waals surface area contributed by atoms with E-state index in [2.05, 4.69) is 163 Å². The van der Waals surface area contributed by atoms with Crippen molar-refractivity contribution in [3.05, 3.63) is 158 Å². The van der Waals surface area contributed by atoms with Crippen molar-refractivity contribution in [2.24, 2.45) is 0 Å². The van der Waals surface area contributed by atoms with E-state index in [9.17, 15) is 14.4 Å². The highest BCUT2D eigenvalue weighted by Gasteiger charge is 2.20. The summed E-state index contributed by atoms with van der Waals surface area (Å²) >= 11 is 0. The van der Waals surface area contributed by atoms with Gasteiger partial charge in [0.1, 0.15) is 11.8 Å². The first-order valence-corrected chi connectivity index (χ1v) is 22.7. The quantitative estimate of drug-likeness (QED) is 0.0522. The fourth-order valence-corrected chi connectivity index (χ4v) is 5.81. The summed E-state index contributed by atoms with van der Waals surface area (Å²) in [6.07, 6.45) is 68.5. The lowest BCUT2D eigenvalue weighted by molar-refractivity contribution is -0.126. The van der Waals surface area contributed by atoms with Crippen molar-refractivity contribution >= 4 is 23.3 Å². The zero-order valence-electron chi connectivity index (χ0n) is 37.1. The van der Waals surface area contributed by atoms with Crippen molar-refractivity contribution in [3.63, 3.8) is 0 Å². The van der Waals surface area contributed by atoms with Crippen LogP contribution in [0.4, 0.5) is 5.69 Å². The normalized spacial score (nSPS) is 13.3. The van der Waals surface area contributed by atoms with E-state index in [0.717, 1.165) is 109 Å². The summed E-state index contributed by atoms with van der Waals surface area (Å²) < 4.78 is 0. The second-order valence-corrected chi connectivity index (χ2v) is 14.5. The summed E-state index contributed by atoms with van der Waals surface area (Å²) in [5.41, 5.74) is 0.644. The van der Waals surface area contributed by atoms with Crippen LogP contribution in [0.1, 0.15) is 149 Å². The Morgan fingerprint density at radius 2 is 0.900 bits per heavy atom. The lowest BCUT2D eigenvalue weighted by atomic mass is 10.0. The maximum absolute atomic E-state index is 13.2. The molecule has 0 aliphatic carbocycles. The van der Waals surface area contributed by atoms with Gasteiger partial charge >= 0.3 is 0 Å². The number of amides is 2. The second-order valence-electron chi connectivity index (χ2n) is 14.5. The van der Waals surface area contributed by atoms with E-state index in [1.165, 1.54) is 0 Å². The molecule has 2 amide bonds. The summed E-state index contributed by atoms with van der Waals surface area (Å²) in [4.78, 5) is 42.5. The number of carbonyl (C=O) groups is 3. The molecular weight excluding hydrogens is 739 g/mol. The standard InChI is InChI=1S/C54H77N3O3/c1-3-5-7-9-11-13-15-17-19-21-22-24-25-27-29-31-33-35-38-42-51(58)43-39-37-40-44-52(54(60)56-50-46-48-55-49-47-50)57-53(59)45-41-36-34-32-30-28-26-23-20-18-16-14-12-10-8-6-4-2/h5-8,11-14,17-20,22,24,26-29,32-35,46-49,52H,3-4,9-10,15-16,21,23,25,30-31,36-45H2,1-2H3,(H,57,59)(H,55,56,60)/b7-5-,8-6-,13-11-,14-12-,19-17-,20-18-,24-22-,28-26-,29-27-,34-32-,35-33-/t52-/m0/s1. The van der Waals surface area contributed by atoms with Gasteiger partial charge in [0, 0.05) is 37.3 Å². The lowest BCUT2D eigenvalue weighted by Crippen LogP contribution is -2.43. The number of nitrogens with zero attached hydrogens (tertiary/aromatic N) is 1. The Morgan fingerprint density at radius 1 is 0.483 bits per heavy atom. The number of nitrogens with one attached hydrogen (secondary N) is 2. The van der Waals surface area contributed by atoms with E-state index in [0.29, 0.717) is 31.4 Å². The van der Waals surface area contributed by atoms with Crippen molar-refractivity contribution in [1.29, 1.82) is 0 Å². The number of aromatic nitrogens is 1. The van der Waals surface area contributed by atoms with E-state index < -0.39 is 6.04 Å². The summed E-state index contributed by atoms with van der Waals surface area (Å²) in [5.74, 6) is -0.0936. The highest BCUT2D eigenvalue weighted by atomic mass is 16.2. The number of hydrogen-bond donors (Lipinski definition) is 2. The number of pyridine rings is 1. The van der Waals surface area contributed by atoms with Crippen molar-refractivity contribution in [2.45, 2.75) is 155 Å². The fourth-order valence-electron chi connectivity index (χ4n) is 5.81. The highest BCUT2D eigenvalue weighted by molar-refractivity contribution is 5.97. The Labute approximate surface area is 365 Å². The van der Waals surface area contributed by atoms with Crippen LogP contribution in [0.3, 0.4) is 0 Å². The van der Waals surface area contributed by atoms with Crippen LogP contribution in [-0.4, -0.2) is 28.6 Å². The van der Waals surface area contributed by atoms with Crippen LogP contribution >= 0.6 is 0 Å². The average Bonchev–Trinajstić information content (AvgIpc) is 3.25. The van der Waals surface area contributed by atoms with Gasteiger partial charge in [0.05, 0.1) is 0 Å². The van der Waals surface area contributed by atoms with Gasteiger partial charge in [-0.05, 0) is 115 Å². The topological polar surface area (TPSA) is 88.2 Å². The van der Waals surface area contributed by atoms with Crippen molar-refractivity contribution in [2.75, 3.05) is 5.32 Å². The van der Waals surface area contributed by atoms with Crippen LogP contribution in [0.15, 0.2) is 158 Å². The van der Waals surface area contributed by atoms with E-state index in [1.54, 1.807) is 24.5 Å². The molecule has 1 heterocycles. The molecule has 1 atom stereocenters. The summed E-state index contributed by atoms with van der Waals surface area (Å²) in [6, 6.07) is 2.82. The van der Waals surface area contributed by atoms with Crippen LogP contribution in [0, 0.1) is 0 Å². The number of Topliss-reactive ketones (excluding diaryl/α,β-unsaturated/α-hetero) is 1. The van der Waals surface area contributed by atoms with Gasteiger partial charge in [-0.3, -0.25) is 19.4 Å². The molecule has 0 radical (unpaired) electrons. The Bertz CT molecular complexity index is 1570. The van der Waals surface area contributed by atoms with E-state index in [4.69, 9.17) is 0 Å². The van der Waals surface area contributed by atoms with Crippen LogP contribution in [0.25, 0.3) is 0 Å². The van der Waals surface area contributed by atoms with Gasteiger partial charge in [-0.1, -0.05) is 160 Å². The zero-order valence-corrected chi connectivity index (χ0v) is 37.1. The maximum atomic E-state index is 13.2. The third kappa shape index (κ3) is 36.0. The van der Waals surface area contributed by atoms with Gasteiger partial charge in [0.25, 0.3) is 0 Å². The Hall–Kier alpha value is -5.10. The van der Waals surface area contributed by atoms with E-state index >= 15 is 0 Å². The van der Waals surface area contributed by atoms with Crippen LogP contribution in [0.2, 0.25) is 0 Å². The van der Waals surface area contributed by atoms with Crippen molar-refractivity contribution in [1.82, 2.24) is 10.3 Å². The number of unbranched alkanes of at least 4 members (excludes halogenated alkanes) is 3. The molecule has 0 spiro atoms. The number of ketones is 1. The molecule has 0 aliphatic rings. The second kappa shape index (κ2) is 42.0. The van der Waals surface area contributed by atoms with Crippen LogP contribution in [0.5, 0.6) is 0 Å². The first-order chi connectivity index (χ1) is 29.6. The molecule has 0 aromatic carbocycles. The molecule has 6 nitrogen and oxygen atoms in total. The largest absolute Gasteiger partial charge is 0.344 e. The molecule has 0 bridgehead atoms. The van der Waals surface area contributed by atoms with E-state index in [-0.39, 0.29) is 17.6 Å². The van der Waals surface area contributed by atoms with Gasteiger partial charge in [0.2, 0.25) is 11.8 Å². The SMILES string of the molecule is CC/C=C\C/C=C\C/C=C\C/C=C\C/C=C\C/C=C\CCC(=O)CCCCC[C@H](NC(=O)CCC/C=C\C/C=C\C/C=C\C/C=C\C/C=C\CC)C(=O)Nc1ccncc1. The monoisotopic (exact) mass is 816 g/mol. The molecule has 0 aliphatic heterocycles. The predicted octanol–water partition coefficient (Wildman–Crippen LogP) is 14.4. The molecule has 1 aromatic rings. The smallest absolute Gasteiger partial charge is 0.246 e. The van der Waals surface area contributed by atoms with Crippen molar-refractivity contribution < 1.29 is 14.4 Å². The zero-order chi connectivity index (χ0) is 43.2. The minimum atomic E-state index is -0.636. The van der Waals surface area contributed by atoms with Gasteiger partial charge in [-0.25, -0.2) is 0 Å².